The molecule has 0 heterocycles. The Morgan fingerprint density at radius 1 is 1.36 bits per heavy atom. The van der Waals surface area contributed by atoms with Crippen LogP contribution < -0.4 is 5.32 Å². The zero-order chi connectivity index (χ0) is 16.9. The first kappa shape index (κ1) is 18.4. The van der Waals surface area contributed by atoms with Gasteiger partial charge < -0.3 is 10.1 Å². The van der Waals surface area contributed by atoms with E-state index < -0.39 is 23.4 Å². The Bertz CT molecular complexity index is 594. The van der Waals surface area contributed by atoms with Crippen LogP contribution in [0.2, 0.25) is 0 Å². The Morgan fingerprint density at radius 2 is 2.00 bits per heavy atom. The molecule has 0 radical (unpaired) electrons. The van der Waals surface area contributed by atoms with E-state index in [4.69, 9.17) is 4.74 Å². The summed E-state index contributed by atoms with van der Waals surface area (Å²) in [7, 11) is 0. The van der Waals surface area contributed by atoms with E-state index >= 15 is 0 Å². The highest BCUT2D eigenvalue weighted by Gasteiger charge is 2.21. The minimum atomic E-state index is -0.927. The van der Waals surface area contributed by atoms with Gasteiger partial charge >= 0.3 is 5.97 Å². The van der Waals surface area contributed by atoms with Crippen LogP contribution in [0.1, 0.15) is 33.3 Å². The summed E-state index contributed by atoms with van der Waals surface area (Å²) in [5.41, 5.74) is -0.161. The van der Waals surface area contributed by atoms with Gasteiger partial charge in [-0.2, -0.15) is 0 Å². The lowest BCUT2D eigenvalue weighted by atomic mass is 10.1. The fraction of sp³-hybridized carbons (Fsp3) is 0.375. The predicted molar refractivity (Wildman–Crippen MR) is 86.6 cm³/mol. The number of hydrogen-bond acceptors (Lipinski definition) is 3. The molecule has 0 bridgehead atoms. The predicted octanol–water partition coefficient (Wildman–Crippen LogP) is 3.45. The molecule has 0 aromatic heterocycles. The van der Waals surface area contributed by atoms with Gasteiger partial charge in [0.2, 0.25) is 0 Å². The lowest BCUT2D eigenvalue weighted by molar-refractivity contribution is -0.150. The van der Waals surface area contributed by atoms with Crippen LogP contribution in [0.4, 0.5) is 4.39 Å². The fourth-order valence-electron chi connectivity index (χ4n) is 1.54. The number of nitrogens with one attached hydrogen (secondary N) is 1. The molecular weight excluding hydrogens is 353 g/mol. The van der Waals surface area contributed by atoms with Crippen LogP contribution in [0.3, 0.4) is 0 Å². The lowest BCUT2D eigenvalue weighted by Crippen LogP contribution is -2.46. The van der Waals surface area contributed by atoms with E-state index in [-0.39, 0.29) is 11.5 Å². The van der Waals surface area contributed by atoms with Crippen LogP contribution in [0, 0.1) is 5.82 Å². The molecule has 120 valence electrons. The molecule has 1 aromatic rings. The van der Waals surface area contributed by atoms with Crippen molar-refractivity contribution in [3.8, 4) is 0 Å². The number of benzene rings is 1. The largest absolute Gasteiger partial charge is 0.449 e. The fourth-order valence-corrected chi connectivity index (χ4v) is 1.92. The second kappa shape index (κ2) is 7.54. The molecule has 0 fully saturated rings. The van der Waals surface area contributed by atoms with Crippen LogP contribution in [0.15, 0.2) is 28.7 Å². The summed E-state index contributed by atoms with van der Waals surface area (Å²) in [4.78, 5) is 23.5. The first-order valence-corrected chi connectivity index (χ1v) is 7.53. The molecule has 0 aliphatic rings. The highest BCUT2D eigenvalue weighted by Crippen LogP contribution is 2.16. The highest BCUT2D eigenvalue weighted by atomic mass is 79.9. The summed E-state index contributed by atoms with van der Waals surface area (Å²) in [5.74, 6) is -1.55. The Labute approximate surface area is 137 Å². The van der Waals surface area contributed by atoms with Gasteiger partial charge in [-0.15, -0.1) is 0 Å². The smallest absolute Gasteiger partial charge is 0.331 e. The van der Waals surface area contributed by atoms with E-state index in [1.54, 1.807) is 6.07 Å². The summed E-state index contributed by atoms with van der Waals surface area (Å²) in [5, 5.41) is 2.71. The second-order valence-corrected chi connectivity index (χ2v) is 6.73. The van der Waals surface area contributed by atoms with Crippen molar-refractivity contribution in [1.29, 1.82) is 0 Å². The van der Waals surface area contributed by atoms with Crippen molar-refractivity contribution < 1.29 is 18.7 Å². The van der Waals surface area contributed by atoms with Crippen molar-refractivity contribution >= 4 is 33.9 Å². The van der Waals surface area contributed by atoms with Crippen molar-refractivity contribution in [2.75, 3.05) is 0 Å². The van der Waals surface area contributed by atoms with Crippen molar-refractivity contribution in [3.63, 3.8) is 0 Å². The SMILES string of the molecule is C[C@@H](OC(=O)/C=C/c1cc(Br)ccc1F)C(=O)NC(C)(C)C. The number of esters is 1. The van der Waals surface area contributed by atoms with Gasteiger partial charge in [0, 0.05) is 21.7 Å². The average Bonchev–Trinajstić information content (AvgIpc) is 2.37. The first-order chi connectivity index (χ1) is 10.1. The topological polar surface area (TPSA) is 55.4 Å². The maximum absolute atomic E-state index is 13.5. The van der Waals surface area contributed by atoms with E-state index in [1.165, 1.54) is 25.1 Å². The van der Waals surface area contributed by atoms with Gasteiger partial charge in [0.05, 0.1) is 0 Å². The van der Waals surface area contributed by atoms with E-state index in [9.17, 15) is 14.0 Å². The van der Waals surface area contributed by atoms with Crippen LogP contribution in [0.25, 0.3) is 6.08 Å². The van der Waals surface area contributed by atoms with Gasteiger partial charge in [0.15, 0.2) is 6.10 Å². The molecule has 0 saturated heterocycles. The summed E-state index contributed by atoms with van der Waals surface area (Å²) in [6.07, 6.45) is 1.46. The van der Waals surface area contributed by atoms with Gasteiger partial charge in [0.25, 0.3) is 5.91 Å². The third-order valence-electron chi connectivity index (χ3n) is 2.52. The Hall–Kier alpha value is -1.69. The molecular formula is C16H19BrFNO3. The lowest BCUT2D eigenvalue weighted by Gasteiger charge is -2.22. The molecule has 1 aromatic carbocycles. The quantitative estimate of drug-likeness (QED) is 0.651. The average molecular weight is 372 g/mol. The minimum Gasteiger partial charge on any atom is -0.449 e. The summed E-state index contributed by atoms with van der Waals surface area (Å²) >= 11 is 3.22. The van der Waals surface area contributed by atoms with Crippen molar-refractivity contribution in [1.82, 2.24) is 5.32 Å². The van der Waals surface area contributed by atoms with Crippen molar-refractivity contribution in [2.24, 2.45) is 0 Å². The van der Waals surface area contributed by atoms with Crippen LogP contribution in [0.5, 0.6) is 0 Å². The van der Waals surface area contributed by atoms with Gasteiger partial charge in [-0.25, -0.2) is 9.18 Å². The van der Waals surface area contributed by atoms with E-state index in [1.807, 2.05) is 20.8 Å². The molecule has 0 saturated carbocycles. The Morgan fingerprint density at radius 3 is 2.59 bits per heavy atom. The van der Waals surface area contributed by atoms with Crippen molar-refractivity contribution in [2.45, 2.75) is 39.3 Å². The van der Waals surface area contributed by atoms with Gasteiger partial charge in [-0.1, -0.05) is 15.9 Å². The summed E-state index contributed by atoms with van der Waals surface area (Å²) < 4.78 is 19.2. The Balaban J connectivity index is 2.64. The number of carbonyl (C=O) groups is 2. The zero-order valence-corrected chi connectivity index (χ0v) is 14.5. The third-order valence-corrected chi connectivity index (χ3v) is 3.01. The molecule has 0 aliphatic carbocycles. The molecule has 0 unspecified atom stereocenters. The molecule has 4 nitrogen and oxygen atoms in total. The number of rotatable bonds is 4. The van der Waals surface area contributed by atoms with Crippen LogP contribution in [-0.2, 0) is 14.3 Å². The third kappa shape index (κ3) is 6.39. The second-order valence-electron chi connectivity index (χ2n) is 5.82. The maximum atomic E-state index is 13.5. The first-order valence-electron chi connectivity index (χ1n) is 6.74. The van der Waals surface area contributed by atoms with E-state index in [2.05, 4.69) is 21.2 Å². The molecule has 1 rings (SSSR count). The number of ether oxygens (including phenoxy) is 1. The molecule has 1 amide bonds. The highest BCUT2D eigenvalue weighted by molar-refractivity contribution is 9.10. The van der Waals surface area contributed by atoms with E-state index in [0.717, 1.165) is 6.08 Å². The number of amides is 1. The minimum absolute atomic E-state index is 0.248. The van der Waals surface area contributed by atoms with Gasteiger partial charge in [-0.3, -0.25) is 4.79 Å². The molecule has 6 heteroatoms. The number of carbonyl (C=O) groups excluding carboxylic acids is 2. The standard InChI is InChI=1S/C16H19BrFNO3/c1-10(15(21)19-16(2,3)4)22-14(20)8-5-11-9-12(17)6-7-13(11)18/h5-10H,1-4H3,(H,19,21)/b8-5+/t10-/m1/s1. The van der Waals surface area contributed by atoms with Crippen LogP contribution in [-0.4, -0.2) is 23.5 Å². The molecule has 22 heavy (non-hydrogen) atoms. The molecule has 1 atom stereocenters. The zero-order valence-electron chi connectivity index (χ0n) is 12.9. The van der Waals surface area contributed by atoms with Crippen molar-refractivity contribution in [3.05, 3.63) is 40.1 Å². The van der Waals surface area contributed by atoms with Gasteiger partial charge in [-0.05, 0) is 52.0 Å². The Kier molecular flexibility index (Phi) is 6.29. The monoisotopic (exact) mass is 371 g/mol. The number of halogens is 2. The summed E-state index contributed by atoms with van der Waals surface area (Å²) in [6, 6.07) is 4.38. The maximum Gasteiger partial charge on any atom is 0.331 e. The van der Waals surface area contributed by atoms with Gasteiger partial charge in [0.1, 0.15) is 5.82 Å². The van der Waals surface area contributed by atoms with E-state index in [0.29, 0.717) is 4.47 Å². The molecule has 1 N–H and O–H groups in total. The summed E-state index contributed by atoms with van der Waals surface area (Å²) in [6.45, 7) is 6.96. The molecule has 0 spiro atoms. The number of hydrogen-bond donors (Lipinski definition) is 1. The molecule has 0 aliphatic heterocycles. The van der Waals surface area contributed by atoms with Crippen LogP contribution >= 0.6 is 15.9 Å². The normalized spacial score (nSPS) is 13.0.